The van der Waals surface area contributed by atoms with Crippen LogP contribution < -0.4 is 10.1 Å². The molecule has 0 spiro atoms. The standard InChI is InChI=1S/C15H19N3O/c1-3-18-15-13(7-8-16-15)14(17-18)10-11-5-4-6-12(9-11)19-2/h4-6,9,16H,3,7-8,10H2,1-2H3. The van der Waals surface area contributed by atoms with E-state index in [2.05, 4.69) is 29.1 Å². The van der Waals surface area contributed by atoms with Crippen LogP contribution in [0.15, 0.2) is 24.3 Å². The summed E-state index contributed by atoms with van der Waals surface area (Å²) in [7, 11) is 1.70. The number of benzene rings is 1. The van der Waals surface area contributed by atoms with E-state index in [9.17, 15) is 0 Å². The van der Waals surface area contributed by atoms with E-state index in [1.54, 1.807) is 7.11 Å². The van der Waals surface area contributed by atoms with Crippen LogP contribution in [-0.4, -0.2) is 23.4 Å². The van der Waals surface area contributed by atoms with Crippen molar-refractivity contribution >= 4 is 5.82 Å². The summed E-state index contributed by atoms with van der Waals surface area (Å²) in [6.45, 7) is 4.06. The van der Waals surface area contributed by atoms with Gasteiger partial charge < -0.3 is 10.1 Å². The molecule has 2 aromatic rings. The maximum absolute atomic E-state index is 5.27. The molecule has 100 valence electrons. The minimum absolute atomic E-state index is 0.869. The van der Waals surface area contributed by atoms with Gasteiger partial charge in [0.1, 0.15) is 11.6 Å². The first-order chi connectivity index (χ1) is 9.31. The van der Waals surface area contributed by atoms with Gasteiger partial charge in [-0.15, -0.1) is 0 Å². The first kappa shape index (κ1) is 12.1. The Morgan fingerprint density at radius 2 is 2.32 bits per heavy atom. The van der Waals surface area contributed by atoms with Crippen LogP contribution in [0.1, 0.15) is 23.7 Å². The fourth-order valence-electron chi connectivity index (χ4n) is 2.66. The van der Waals surface area contributed by atoms with E-state index in [0.717, 1.165) is 31.7 Å². The first-order valence-electron chi connectivity index (χ1n) is 6.77. The fourth-order valence-corrected chi connectivity index (χ4v) is 2.66. The molecule has 1 aromatic heterocycles. The highest BCUT2D eigenvalue weighted by Crippen LogP contribution is 2.27. The maximum Gasteiger partial charge on any atom is 0.127 e. The Labute approximate surface area is 113 Å². The number of hydrogen-bond acceptors (Lipinski definition) is 3. The van der Waals surface area contributed by atoms with Gasteiger partial charge in [-0.05, 0) is 31.0 Å². The number of anilines is 1. The van der Waals surface area contributed by atoms with E-state index >= 15 is 0 Å². The van der Waals surface area contributed by atoms with Crippen molar-refractivity contribution in [2.24, 2.45) is 0 Å². The summed E-state index contributed by atoms with van der Waals surface area (Å²) in [5.74, 6) is 2.11. The Kier molecular flexibility index (Phi) is 3.15. The van der Waals surface area contributed by atoms with Crippen molar-refractivity contribution in [1.82, 2.24) is 9.78 Å². The largest absolute Gasteiger partial charge is 0.497 e. The second-order valence-corrected chi connectivity index (χ2v) is 4.79. The molecule has 19 heavy (non-hydrogen) atoms. The van der Waals surface area contributed by atoms with Crippen molar-refractivity contribution in [3.8, 4) is 5.75 Å². The Bertz CT molecular complexity index is 589. The van der Waals surface area contributed by atoms with Crippen LogP contribution in [0.4, 0.5) is 5.82 Å². The molecule has 4 nitrogen and oxygen atoms in total. The molecule has 4 heteroatoms. The summed E-state index contributed by atoms with van der Waals surface area (Å²) in [5.41, 5.74) is 3.81. The van der Waals surface area contributed by atoms with E-state index in [1.807, 2.05) is 12.1 Å². The van der Waals surface area contributed by atoms with Crippen molar-refractivity contribution in [3.63, 3.8) is 0 Å². The molecular weight excluding hydrogens is 238 g/mol. The van der Waals surface area contributed by atoms with Gasteiger partial charge in [-0.25, -0.2) is 4.68 Å². The van der Waals surface area contributed by atoms with Crippen molar-refractivity contribution in [3.05, 3.63) is 41.1 Å². The summed E-state index contributed by atoms with van der Waals surface area (Å²) in [6, 6.07) is 8.21. The van der Waals surface area contributed by atoms with Crippen LogP contribution in [0.3, 0.4) is 0 Å². The minimum Gasteiger partial charge on any atom is -0.497 e. The number of nitrogens with one attached hydrogen (secondary N) is 1. The van der Waals surface area contributed by atoms with Gasteiger partial charge in [-0.1, -0.05) is 12.1 Å². The summed E-state index contributed by atoms with van der Waals surface area (Å²) in [5, 5.41) is 8.14. The summed E-state index contributed by atoms with van der Waals surface area (Å²) in [6.07, 6.45) is 1.95. The molecule has 0 atom stereocenters. The third kappa shape index (κ3) is 2.18. The molecular formula is C15H19N3O. The zero-order chi connectivity index (χ0) is 13.2. The molecule has 0 radical (unpaired) electrons. The molecule has 3 rings (SSSR count). The SMILES string of the molecule is CCn1nc(Cc2cccc(OC)c2)c2c1NCC2. The lowest BCUT2D eigenvalue weighted by atomic mass is 10.1. The molecule has 1 N–H and O–H groups in total. The normalized spacial score (nSPS) is 13.2. The molecule has 1 aliphatic rings. The smallest absolute Gasteiger partial charge is 0.127 e. The lowest BCUT2D eigenvalue weighted by molar-refractivity contribution is 0.414. The zero-order valence-electron chi connectivity index (χ0n) is 11.4. The molecule has 2 heterocycles. The number of aromatic nitrogens is 2. The molecule has 0 aliphatic carbocycles. The van der Waals surface area contributed by atoms with Gasteiger partial charge in [0.05, 0.1) is 12.8 Å². The third-order valence-electron chi connectivity index (χ3n) is 3.61. The van der Waals surface area contributed by atoms with E-state index in [-0.39, 0.29) is 0 Å². The summed E-state index contributed by atoms with van der Waals surface area (Å²) >= 11 is 0. The van der Waals surface area contributed by atoms with E-state index in [4.69, 9.17) is 9.84 Å². The van der Waals surface area contributed by atoms with Crippen molar-refractivity contribution in [1.29, 1.82) is 0 Å². The monoisotopic (exact) mass is 257 g/mol. The maximum atomic E-state index is 5.27. The van der Waals surface area contributed by atoms with Gasteiger partial charge in [0, 0.05) is 25.1 Å². The van der Waals surface area contributed by atoms with Crippen LogP contribution >= 0.6 is 0 Å². The quantitative estimate of drug-likeness (QED) is 0.914. The number of rotatable bonds is 4. The summed E-state index contributed by atoms with van der Waals surface area (Å²) in [4.78, 5) is 0. The second-order valence-electron chi connectivity index (χ2n) is 4.79. The van der Waals surface area contributed by atoms with Crippen LogP contribution in [0.5, 0.6) is 5.75 Å². The van der Waals surface area contributed by atoms with Gasteiger partial charge in [0.2, 0.25) is 0 Å². The van der Waals surface area contributed by atoms with Crippen LogP contribution in [0, 0.1) is 0 Å². The molecule has 0 unspecified atom stereocenters. The van der Waals surface area contributed by atoms with E-state index in [0.29, 0.717) is 0 Å². The van der Waals surface area contributed by atoms with Gasteiger partial charge in [-0.3, -0.25) is 0 Å². The Hall–Kier alpha value is -1.97. The highest BCUT2D eigenvalue weighted by atomic mass is 16.5. The van der Waals surface area contributed by atoms with Crippen LogP contribution in [-0.2, 0) is 19.4 Å². The fraction of sp³-hybridized carbons (Fsp3) is 0.400. The number of fused-ring (bicyclic) bond motifs is 1. The average Bonchev–Trinajstić information content (AvgIpc) is 3.03. The highest BCUT2D eigenvalue weighted by molar-refractivity contribution is 5.53. The number of methoxy groups -OCH3 is 1. The molecule has 1 aliphatic heterocycles. The van der Waals surface area contributed by atoms with Crippen LogP contribution in [0.25, 0.3) is 0 Å². The average molecular weight is 257 g/mol. The topological polar surface area (TPSA) is 39.1 Å². The predicted octanol–water partition coefficient (Wildman–Crippen LogP) is 2.47. The molecule has 0 saturated carbocycles. The second kappa shape index (κ2) is 4.96. The van der Waals surface area contributed by atoms with Crippen molar-refractivity contribution in [2.75, 3.05) is 19.0 Å². The van der Waals surface area contributed by atoms with Gasteiger partial charge in [0.25, 0.3) is 0 Å². The van der Waals surface area contributed by atoms with Crippen molar-refractivity contribution < 1.29 is 4.74 Å². The molecule has 0 amide bonds. The molecule has 0 saturated heterocycles. The predicted molar refractivity (Wildman–Crippen MR) is 75.9 cm³/mol. The van der Waals surface area contributed by atoms with Crippen molar-refractivity contribution in [2.45, 2.75) is 26.3 Å². The van der Waals surface area contributed by atoms with Crippen LogP contribution in [0.2, 0.25) is 0 Å². The van der Waals surface area contributed by atoms with E-state index in [1.165, 1.54) is 22.6 Å². The Morgan fingerprint density at radius 3 is 3.11 bits per heavy atom. The highest BCUT2D eigenvalue weighted by Gasteiger charge is 2.21. The molecule has 1 aromatic carbocycles. The molecule has 0 bridgehead atoms. The number of nitrogens with zero attached hydrogens (tertiary/aromatic N) is 2. The van der Waals surface area contributed by atoms with Gasteiger partial charge >= 0.3 is 0 Å². The Balaban J connectivity index is 1.91. The third-order valence-corrected chi connectivity index (χ3v) is 3.61. The first-order valence-corrected chi connectivity index (χ1v) is 6.77. The lowest BCUT2D eigenvalue weighted by Gasteiger charge is -2.04. The van der Waals surface area contributed by atoms with E-state index < -0.39 is 0 Å². The number of ether oxygens (including phenoxy) is 1. The number of hydrogen-bond donors (Lipinski definition) is 1. The summed E-state index contributed by atoms with van der Waals surface area (Å²) < 4.78 is 7.34. The zero-order valence-corrected chi connectivity index (χ0v) is 11.4. The Morgan fingerprint density at radius 1 is 1.42 bits per heavy atom. The lowest BCUT2D eigenvalue weighted by Crippen LogP contribution is -2.05. The van der Waals surface area contributed by atoms with Gasteiger partial charge in [0.15, 0.2) is 0 Å². The van der Waals surface area contributed by atoms with Gasteiger partial charge in [-0.2, -0.15) is 5.10 Å². The molecule has 0 fully saturated rings. The minimum atomic E-state index is 0.869. The number of aryl methyl sites for hydroxylation is 1.